The van der Waals surface area contributed by atoms with Gasteiger partial charge < -0.3 is 14.7 Å². The topological polar surface area (TPSA) is 71.3 Å². The monoisotopic (exact) mass is 402 g/mol. The van der Waals surface area contributed by atoms with Crippen LogP contribution in [0.3, 0.4) is 0 Å². The second kappa shape index (κ2) is 8.84. The zero-order chi connectivity index (χ0) is 20.1. The first kappa shape index (κ1) is 19.8. The van der Waals surface area contributed by atoms with Gasteiger partial charge in [0, 0.05) is 37.5 Å². The van der Waals surface area contributed by atoms with E-state index >= 15 is 0 Å². The van der Waals surface area contributed by atoms with Crippen molar-refractivity contribution in [3.8, 4) is 11.4 Å². The molecule has 1 aromatic heterocycles. The maximum Gasteiger partial charge on any atom is 0.226 e. The Hall–Kier alpha value is -2.93. The Morgan fingerprint density at radius 3 is 2.68 bits per heavy atom. The second-order valence-corrected chi connectivity index (χ2v) is 6.91. The quantitative estimate of drug-likeness (QED) is 0.627. The molecule has 0 saturated carbocycles. The van der Waals surface area contributed by atoms with Crippen molar-refractivity contribution in [2.45, 2.75) is 19.3 Å². The number of hydrogen-bond acceptors (Lipinski definition) is 5. The summed E-state index contributed by atoms with van der Waals surface area (Å²) in [5.41, 5.74) is 2.21. The first-order valence-corrected chi connectivity index (χ1v) is 9.15. The molecule has 2 aromatic carbocycles. The molecule has 0 aliphatic carbocycles. The Labute approximate surface area is 167 Å². The summed E-state index contributed by atoms with van der Waals surface area (Å²) in [6.07, 6.45) is 1.32. The number of nitrogens with zero attached hydrogens (tertiary/aromatic N) is 3. The molecule has 3 aromatic rings. The van der Waals surface area contributed by atoms with Gasteiger partial charge in [-0.2, -0.15) is 4.98 Å². The fourth-order valence-electron chi connectivity index (χ4n) is 2.68. The molecule has 0 aliphatic heterocycles. The lowest BCUT2D eigenvalue weighted by Crippen LogP contribution is -2.16. The van der Waals surface area contributed by atoms with Crippen molar-refractivity contribution in [2.75, 3.05) is 24.3 Å². The maximum atomic E-state index is 13.0. The van der Waals surface area contributed by atoms with Crippen LogP contribution < -0.4 is 10.2 Å². The standard InChI is InChI=1S/C20H20ClFN4O2/c1-26(2)17-11-8-14(21)12-16(17)23-18(27)4-3-5-19-24-20(25-28-19)13-6-9-15(22)10-7-13/h6-12H,3-5H2,1-2H3,(H,23,27). The summed E-state index contributed by atoms with van der Waals surface area (Å²) in [6, 6.07) is 11.2. The Morgan fingerprint density at radius 1 is 1.21 bits per heavy atom. The van der Waals surface area contributed by atoms with Gasteiger partial charge in [0.2, 0.25) is 17.6 Å². The van der Waals surface area contributed by atoms with Gasteiger partial charge in [0.1, 0.15) is 5.82 Å². The Kier molecular flexibility index (Phi) is 6.26. The lowest BCUT2D eigenvalue weighted by atomic mass is 10.2. The second-order valence-electron chi connectivity index (χ2n) is 6.48. The van der Waals surface area contributed by atoms with Gasteiger partial charge in [0.05, 0.1) is 11.4 Å². The molecule has 28 heavy (non-hydrogen) atoms. The Bertz CT molecular complexity index is 957. The number of rotatable bonds is 7. The van der Waals surface area contributed by atoms with Crippen molar-refractivity contribution in [3.05, 3.63) is 59.2 Å². The van der Waals surface area contributed by atoms with Crippen molar-refractivity contribution >= 4 is 28.9 Å². The van der Waals surface area contributed by atoms with Crippen LogP contribution in [0, 0.1) is 5.82 Å². The molecule has 1 amide bonds. The minimum Gasteiger partial charge on any atom is -0.376 e. The molecule has 3 rings (SSSR count). The molecular weight excluding hydrogens is 383 g/mol. The molecule has 0 spiro atoms. The minimum absolute atomic E-state index is 0.122. The van der Waals surface area contributed by atoms with E-state index < -0.39 is 0 Å². The predicted molar refractivity (Wildman–Crippen MR) is 107 cm³/mol. The summed E-state index contributed by atoms with van der Waals surface area (Å²) in [5.74, 6) is 0.386. The fourth-order valence-corrected chi connectivity index (χ4v) is 2.86. The van der Waals surface area contributed by atoms with E-state index in [0.29, 0.717) is 47.3 Å². The van der Waals surface area contributed by atoms with Crippen LogP contribution in [0.1, 0.15) is 18.7 Å². The van der Waals surface area contributed by atoms with E-state index in [4.69, 9.17) is 16.1 Å². The van der Waals surface area contributed by atoms with E-state index in [1.54, 1.807) is 24.3 Å². The molecule has 1 N–H and O–H groups in total. The van der Waals surface area contributed by atoms with Crippen LogP contribution in [-0.4, -0.2) is 30.1 Å². The summed E-state index contributed by atoms with van der Waals surface area (Å²) in [4.78, 5) is 18.5. The van der Waals surface area contributed by atoms with E-state index in [2.05, 4.69) is 15.5 Å². The highest BCUT2D eigenvalue weighted by molar-refractivity contribution is 6.31. The van der Waals surface area contributed by atoms with E-state index in [1.807, 2.05) is 25.1 Å². The van der Waals surface area contributed by atoms with Crippen LogP contribution in [0.5, 0.6) is 0 Å². The average molecular weight is 403 g/mol. The first-order chi connectivity index (χ1) is 13.4. The van der Waals surface area contributed by atoms with Crippen LogP contribution in [-0.2, 0) is 11.2 Å². The van der Waals surface area contributed by atoms with Crippen LogP contribution in [0.25, 0.3) is 11.4 Å². The van der Waals surface area contributed by atoms with Gasteiger partial charge in [-0.3, -0.25) is 4.79 Å². The lowest BCUT2D eigenvalue weighted by molar-refractivity contribution is -0.116. The van der Waals surface area contributed by atoms with Crippen molar-refractivity contribution in [2.24, 2.45) is 0 Å². The highest BCUT2D eigenvalue weighted by atomic mass is 35.5. The van der Waals surface area contributed by atoms with Crippen LogP contribution in [0.4, 0.5) is 15.8 Å². The van der Waals surface area contributed by atoms with Gasteiger partial charge in [-0.15, -0.1) is 0 Å². The number of amides is 1. The summed E-state index contributed by atoms with van der Waals surface area (Å²) >= 11 is 6.03. The van der Waals surface area contributed by atoms with E-state index in [9.17, 15) is 9.18 Å². The maximum absolute atomic E-state index is 13.0. The third kappa shape index (κ3) is 5.07. The van der Waals surface area contributed by atoms with Gasteiger partial charge in [-0.1, -0.05) is 16.8 Å². The smallest absolute Gasteiger partial charge is 0.226 e. The third-order valence-corrected chi connectivity index (χ3v) is 4.31. The van der Waals surface area contributed by atoms with Crippen molar-refractivity contribution in [1.29, 1.82) is 0 Å². The molecule has 0 bridgehead atoms. The number of halogens is 2. The van der Waals surface area contributed by atoms with Crippen LogP contribution >= 0.6 is 11.6 Å². The number of nitrogens with one attached hydrogen (secondary N) is 1. The summed E-state index contributed by atoms with van der Waals surface area (Å²) in [5, 5.41) is 7.34. The van der Waals surface area contributed by atoms with E-state index in [-0.39, 0.29) is 11.7 Å². The Balaban J connectivity index is 1.54. The number of carbonyl (C=O) groups is 1. The molecule has 0 atom stereocenters. The summed E-state index contributed by atoms with van der Waals surface area (Å²) < 4.78 is 18.2. The minimum atomic E-state index is -0.324. The molecule has 0 fully saturated rings. The SMILES string of the molecule is CN(C)c1ccc(Cl)cc1NC(=O)CCCc1nc(-c2ccc(F)cc2)no1. The average Bonchev–Trinajstić information content (AvgIpc) is 3.11. The molecule has 8 heteroatoms. The molecule has 0 aliphatic rings. The number of carbonyl (C=O) groups excluding carboxylic acids is 1. The van der Waals surface area contributed by atoms with Crippen LogP contribution in [0.15, 0.2) is 47.0 Å². The number of aromatic nitrogens is 2. The molecular formula is C20H20ClFN4O2. The number of hydrogen-bond donors (Lipinski definition) is 1. The molecule has 6 nitrogen and oxygen atoms in total. The predicted octanol–water partition coefficient (Wildman–Crippen LogP) is 4.56. The van der Waals surface area contributed by atoms with Gasteiger partial charge in [0.15, 0.2) is 0 Å². The van der Waals surface area contributed by atoms with E-state index in [0.717, 1.165) is 5.69 Å². The lowest BCUT2D eigenvalue weighted by Gasteiger charge is -2.18. The normalized spacial score (nSPS) is 10.7. The molecule has 146 valence electrons. The molecule has 0 unspecified atom stereocenters. The van der Waals surface area contributed by atoms with Crippen molar-refractivity contribution in [1.82, 2.24) is 10.1 Å². The largest absolute Gasteiger partial charge is 0.376 e. The number of benzene rings is 2. The van der Waals surface area contributed by atoms with Crippen molar-refractivity contribution in [3.63, 3.8) is 0 Å². The molecule has 0 saturated heterocycles. The zero-order valence-corrected chi connectivity index (χ0v) is 16.3. The van der Waals surface area contributed by atoms with Crippen LogP contribution in [0.2, 0.25) is 5.02 Å². The van der Waals surface area contributed by atoms with Crippen molar-refractivity contribution < 1.29 is 13.7 Å². The highest BCUT2D eigenvalue weighted by Crippen LogP contribution is 2.28. The van der Waals surface area contributed by atoms with Gasteiger partial charge in [0.25, 0.3) is 0 Å². The fraction of sp³-hybridized carbons (Fsp3) is 0.250. The number of anilines is 2. The zero-order valence-electron chi connectivity index (χ0n) is 15.6. The highest BCUT2D eigenvalue weighted by Gasteiger charge is 2.12. The Morgan fingerprint density at radius 2 is 1.96 bits per heavy atom. The van der Waals surface area contributed by atoms with Gasteiger partial charge >= 0.3 is 0 Å². The first-order valence-electron chi connectivity index (χ1n) is 8.77. The summed E-state index contributed by atoms with van der Waals surface area (Å²) in [6.45, 7) is 0. The molecule has 0 radical (unpaired) electrons. The third-order valence-electron chi connectivity index (χ3n) is 4.08. The summed E-state index contributed by atoms with van der Waals surface area (Å²) in [7, 11) is 3.79. The van der Waals surface area contributed by atoms with Gasteiger partial charge in [-0.05, 0) is 48.9 Å². The molecule has 1 heterocycles. The van der Waals surface area contributed by atoms with Gasteiger partial charge in [-0.25, -0.2) is 4.39 Å². The number of aryl methyl sites for hydroxylation is 1. The van der Waals surface area contributed by atoms with E-state index in [1.165, 1.54) is 12.1 Å².